The molecule has 92 valence electrons. The number of hydrogen-bond acceptors (Lipinski definition) is 2. The van der Waals surface area contributed by atoms with Crippen LogP contribution in [0.4, 0.5) is 5.69 Å². The molecule has 0 unspecified atom stereocenters. The van der Waals surface area contributed by atoms with Crippen LogP contribution in [-0.4, -0.2) is 25.2 Å². The molecule has 3 heteroatoms. The summed E-state index contributed by atoms with van der Waals surface area (Å²) < 4.78 is 1.33. The fraction of sp³-hybridized carbons (Fsp3) is 0.571. The molecule has 0 bridgehead atoms. The van der Waals surface area contributed by atoms with Crippen LogP contribution in [0.15, 0.2) is 24.3 Å². The maximum absolute atomic E-state index is 3.77. The summed E-state index contributed by atoms with van der Waals surface area (Å²) in [5, 5.41) is 3.77. The molecule has 17 heavy (non-hydrogen) atoms. The van der Waals surface area contributed by atoms with Gasteiger partial charge in [-0.2, -0.15) is 0 Å². The van der Waals surface area contributed by atoms with Gasteiger partial charge in [0.05, 0.1) is 0 Å². The molecule has 1 N–H and O–H groups in total. The van der Waals surface area contributed by atoms with Crippen molar-refractivity contribution in [3.63, 3.8) is 0 Å². The van der Waals surface area contributed by atoms with Crippen molar-refractivity contribution in [3.05, 3.63) is 27.8 Å². The topological polar surface area (TPSA) is 15.3 Å². The van der Waals surface area contributed by atoms with E-state index in [1.165, 1.54) is 41.5 Å². The van der Waals surface area contributed by atoms with Gasteiger partial charge in [-0.3, -0.25) is 0 Å². The minimum absolute atomic E-state index is 0.416. The van der Waals surface area contributed by atoms with Crippen molar-refractivity contribution >= 4 is 28.3 Å². The van der Waals surface area contributed by atoms with Gasteiger partial charge in [-0.15, -0.1) is 0 Å². The van der Waals surface area contributed by atoms with Crippen LogP contribution < -0.4 is 10.2 Å². The van der Waals surface area contributed by atoms with Crippen LogP contribution in [0.25, 0.3) is 0 Å². The Balaban J connectivity index is 1.79. The zero-order chi connectivity index (χ0) is 11.7. The first-order chi connectivity index (χ1) is 8.27. The normalized spacial score (nSPS) is 23.2. The Bertz CT molecular complexity index is 399. The molecule has 0 radical (unpaired) electrons. The summed E-state index contributed by atoms with van der Waals surface area (Å²) in [6, 6.07) is 8.88. The van der Waals surface area contributed by atoms with Crippen LogP contribution in [0.3, 0.4) is 0 Å². The summed E-state index contributed by atoms with van der Waals surface area (Å²) in [4.78, 5) is 2.56. The second kappa shape index (κ2) is 4.76. The molecular weight excluding hydrogens is 323 g/mol. The van der Waals surface area contributed by atoms with Gasteiger partial charge in [0.2, 0.25) is 0 Å². The number of anilines is 1. The molecule has 0 atom stereocenters. The summed E-state index contributed by atoms with van der Waals surface area (Å²) in [5.74, 6) is 0. The summed E-state index contributed by atoms with van der Waals surface area (Å²) in [7, 11) is 0. The van der Waals surface area contributed by atoms with Gasteiger partial charge < -0.3 is 10.2 Å². The average Bonchev–Trinajstić information content (AvgIpc) is 2.77. The standard InChI is InChI=1S/C14H19IN2/c15-12-4-3-5-13(10-12)17-9-8-16-14(11-17)6-1-2-7-14/h3-5,10,16H,1-2,6-9,11H2. The van der Waals surface area contributed by atoms with Crippen LogP contribution in [0.2, 0.25) is 0 Å². The molecule has 1 aromatic carbocycles. The molecular formula is C14H19IN2. The molecule has 2 aliphatic rings. The average molecular weight is 342 g/mol. The predicted octanol–water partition coefficient (Wildman–Crippen LogP) is 3.01. The maximum atomic E-state index is 3.77. The number of nitrogens with zero attached hydrogens (tertiary/aromatic N) is 1. The van der Waals surface area contributed by atoms with Crippen molar-refractivity contribution in [2.45, 2.75) is 31.2 Å². The van der Waals surface area contributed by atoms with Crippen LogP contribution in [0.5, 0.6) is 0 Å². The van der Waals surface area contributed by atoms with E-state index in [4.69, 9.17) is 0 Å². The van der Waals surface area contributed by atoms with Crippen molar-refractivity contribution in [1.82, 2.24) is 5.32 Å². The Hall–Kier alpha value is -0.290. The Morgan fingerprint density at radius 2 is 2.06 bits per heavy atom. The smallest absolute Gasteiger partial charge is 0.0377 e. The molecule has 2 fully saturated rings. The van der Waals surface area contributed by atoms with Crippen molar-refractivity contribution in [1.29, 1.82) is 0 Å². The van der Waals surface area contributed by atoms with E-state index >= 15 is 0 Å². The second-order valence-corrected chi connectivity index (χ2v) is 6.56. The highest BCUT2D eigenvalue weighted by molar-refractivity contribution is 14.1. The third-order valence-corrected chi connectivity index (χ3v) is 4.78. The minimum atomic E-state index is 0.416. The molecule has 2 nitrogen and oxygen atoms in total. The number of benzene rings is 1. The number of piperazine rings is 1. The molecule has 1 aliphatic carbocycles. The minimum Gasteiger partial charge on any atom is -0.368 e. The fourth-order valence-electron chi connectivity index (χ4n) is 3.24. The SMILES string of the molecule is Ic1cccc(N2CCNC3(CCCC3)C2)c1. The van der Waals surface area contributed by atoms with Crippen molar-refractivity contribution in [3.8, 4) is 0 Å². The Labute approximate surface area is 117 Å². The monoisotopic (exact) mass is 342 g/mol. The maximum Gasteiger partial charge on any atom is 0.0377 e. The first-order valence-corrected chi connectivity index (χ1v) is 7.61. The van der Waals surface area contributed by atoms with Crippen LogP contribution in [0, 0.1) is 3.57 Å². The number of rotatable bonds is 1. The molecule has 0 aromatic heterocycles. The third kappa shape index (κ3) is 2.45. The van der Waals surface area contributed by atoms with E-state index in [1.54, 1.807) is 0 Å². The van der Waals surface area contributed by atoms with E-state index in [2.05, 4.69) is 57.1 Å². The summed E-state index contributed by atoms with van der Waals surface area (Å²) in [6.45, 7) is 3.46. The van der Waals surface area contributed by atoms with Crippen LogP contribution >= 0.6 is 22.6 Å². The summed E-state index contributed by atoms with van der Waals surface area (Å²) in [6.07, 6.45) is 5.50. The lowest BCUT2D eigenvalue weighted by Crippen LogP contribution is -2.59. The quantitative estimate of drug-likeness (QED) is 0.790. The molecule has 1 spiro atoms. The van der Waals surface area contributed by atoms with Gasteiger partial charge >= 0.3 is 0 Å². The molecule has 3 rings (SSSR count). The molecule has 1 saturated carbocycles. The second-order valence-electron chi connectivity index (χ2n) is 5.32. The summed E-state index contributed by atoms with van der Waals surface area (Å²) >= 11 is 2.40. The lowest BCUT2D eigenvalue weighted by atomic mass is 9.94. The van der Waals surface area contributed by atoms with Crippen molar-refractivity contribution in [2.75, 3.05) is 24.5 Å². The zero-order valence-corrected chi connectivity index (χ0v) is 12.2. The van der Waals surface area contributed by atoms with Gasteiger partial charge in [0.25, 0.3) is 0 Å². The molecule has 1 heterocycles. The predicted molar refractivity (Wildman–Crippen MR) is 80.6 cm³/mol. The van der Waals surface area contributed by atoms with E-state index in [9.17, 15) is 0 Å². The van der Waals surface area contributed by atoms with Crippen LogP contribution in [-0.2, 0) is 0 Å². The van der Waals surface area contributed by atoms with E-state index in [0.29, 0.717) is 5.54 Å². The highest BCUT2D eigenvalue weighted by atomic mass is 127. The lowest BCUT2D eigenvalue weighted by molar-refractivity contribution is 0.304. The lowest BCUT2D eigenvalue weighted by Gasteiger charge is -2.42. The summed E-state index contributed by atoms with van der Waals surface area (Å²) in [5.41, 5.74) is 1.81. The van der Waals surface area contributed by atoms with Gasteiger partial charge in [-0.05, 0) is 53.6 Å². The number of hydrogen-bond donors (Lipinski definition) is 1. The molecule has 1 saturated heterocycles. The van der Waals surface area contributed by atoms with Gasteiger partial charge in [-0.25, -0.2) is 0 Å². The fourth-order valence-corrected chi connectivity index (χ4v) is 3.76. The van der Waals surface area contributed by atoms with E-state index in [1.807, 2.05) is 0 Å². The van der Waals surface area contributed by atoms with Gasteiger partial charge in [0.15, 0.2) is 0 Å². The van der Waals surface area contributed by atoms with E-state index in [0.717, 1.165) is 13.1 Å². The Kier molecular flexibility index (Phi) is 3.30. The molecule has 1 aromatic rings. The van der Waals surface area contributed by atoms with Crippen molar-refractivity contribution < 1.29 is 0 Å². The zero-order valence-electron chi connectivity index (χ0n) is 10.1. The largest absolute Gasteiger partial charge is 0.368 e. The highest BCUT2D eigenvalue weighted by Gasteiger charge is 2.37. The molecule has 1 aliphatic heterocycles. The van der Waals surface area contributed by atoms with Gasteiger partial charge in [-0.1, -0.05) is 18.9 Å². The Morgan fingerprint density at radius 1 is 1.24 bits per heavy atom. The number of nitrogens with one attached hydrogen (secondary N) is 1. The number of halogens is 1. The van der Waals surface area contributed by atoms with Crippen LogP contribution in [0.1, 0.15) is 25.7 Å². The van der Waals surface area contributed by atoms with E-state index < -0.39 is 0 Å². The van der Waals surface area contributed by atoms with Gasteiger partial charge in [0.1, 0.15) is 0 Å². The van der Waals surface area contributed by atoms with E-state index in [-0.39, 0.29) is 0 Å². The highest BCUT2D eigenvalue weighted by Crippen LogP contribution is 2.33. The van der Waals surface area contributed by atoms with Gasteiger partial charge in [0, 0.05) is 34.4 Å². The molecule has 0 amide bonds. The van der Waals surface area contributed by atoms with Crippen molar-refractivity contribution in [2.24, 2.45) is 0 Å². The first kappa shape index (κ1) is 11.8. The Morgan fingerprint density at radius 3 is 2.82 bits per heavy atom. The first-order valence-electron chi connectivity index (χ1n) is 6.53. The third-order valence-electron chi connectivity index (χ3n) is 4.11.